The normalized spacial score (nSPS) is 24.7. The van der Waals surface area contributed by atoms with Crippen LogP contribution in [0.2, 0.25) is 0 Å². The number of phenols is 2. The summed E-state index contributed by atoms with van der Waals surface area (Å²) in [5.41, 5.74) is -3.07. The van der Waals surface area contributed by atoms with Crippen molar-refractivity contribution in [2.75, 3.05) is 11.9 Å². The molecule has 1 fully saturated rings. The Morgan fingerprint density at radius 1 is 1.04 bits per heavy atom. The number of halogens is 3. The lowest BCUT2D eigenvalue weighted by Gasteiger charge is -2.42. The van der Waals surface area contributed by atoms with Crippen molar-refractivity contribution in [1.82, 2.24) is 10.3 Å². The number of aromatic hydroxyl groups is 2. The second kappa shape index (κ2) is 12.8. The Kier molecular flexibility index (Phi) is 8.81. The van der Waals surface area contributed by atoms with Gasteiger partial charge in [0.1, 0.15) is 23.7 Å². The Bertz CT molecular complexity index is 1840. The lowest BCUT2D eigenvalue weighted by molar-refractivity contribution is -0.230. The molecule has 3 aliphatic rings. The topological polar surface area (TPSA) is 194 Å². The first-order chi connectivity index (χ1) is 23.1. The number of ether oxygens (including phenoxy) is 3. The van der Waals surface area contributed by atoms with Crippen molar-refractivity contribution in [3.8, 4) is 11.5 Å². The summed E-state index contributed by atoms with van der Waals surface area (Å²) in [6.07, 6.45) is -7.88. The zero-order valence-corrected chi connectivity index (χ0v) is 25.7. The number of anilines is 1. The average molecular weight is 686 g/mol. The highest BCUT2D eigenvalue weighted by Crippen LogP contribution is 2.52. The minimum Gasteiger partial charge on any atom is -0.507 e. The Morgan fingerprint density at radius 2 is 1.71 bits per heavy atom. The van der Waals surface area contributed by atoms with Crippen LogP contribution in [-0.2, 0) is 25.4 Å². The van der Waals surface area contributed by atoms with Crippen LogP contribution in [0.3, 0.4) is 0 Å². The fourth-order valence-electron chi connectivity index (χ4n) is 6.53. The molecule has 2 amide bonds. The highest BCUT2D eigenvalue weighted by Gasteiger charge is 2.48. The predicted octanol–water partition coefficient (Wildman–Crippen LogP) is 3.82. The van der Waals surface area contributed by atoms with Gasteiger partial charge in [-0.05, 0) is 25.5 Å². The number of hydrogen-bond donors (Lipinski definition) is 5. The predicted molar refractivity (Wildman–Crippen MR) is 161 cm³/mol. The SMILES string of the molecule is C[C@H]1C[C@@H](NC(=O)C(F)(F)F)C[C@H](O[C@H]2C[C@](O)(COC(=O)Nc3cccnc3)Cc3c(O)c4c(c(O)c32)C(=O)c2ccccc2C4=O)O1. The number of ketones is 2. The fourth-order valence-corrected chi connectivity index (χ4v) is 6.53. The standard InChI is InChI=1S/C33H30F3N3O10/c1-15-9-17(38-30(44)33(34,35)36)10-22(48-15)49-21-12-32(46,14-47-31(45)39-16-5-4-8-37-13-16)11-20-23(21)29(43)25-24(28(20)42)26(40)18-6-2-3-7-19(18)27(25)41/h2-8,13,15,17,21-22,42-43,46H,9-12,14H2,1H3,(H,38,44)(H,39,45)/t15-,17+,21-,22-,32-/m0/s1. The second-order valence-corrected chi connectivity index (χ2v) is 12.2. The quantitative estimate of drug-likeness (QED) is 0.185. The number of amides is 2. The number of nitrogens with zero attached hydrogens (tertiary/aromatic N) is 1. The zero-order chi connectivity index (χ0) is 35.2. The summed E-state index contributed by atoms with van der Waals surface area (Å²) in [5.74, 6) is -5.08. The van der Waals surface area contributed by atoms with Gasteiger partial charge in [0.05, 0.1) is 35.2 Å². The van der Waals surface area contributed by atoms with Crippen molar-refractivity contribution in [2.45, 2.75) is 68.9 Å². The van der Waals surface area contributed by atoms with Crippen molar-refractivity contribution in [3.05, 3.63) is 82.2 Å². The van der Waals surface area contributed by atoms with E-state index in [9.17, 15) is 47.7 Å². The number of aromatic nitrogens is 1. The van der Waals surface area contributed by atoms with Gasteiger partial charge in [-0.2, -0.15) is 13.2 Å². The summed E-state index contributed by atoms with van der Waals surface area (Å²) in [5, 5.41) is 39.3. The number of benzene rings is 2. The van der Waals surface area contributed by atoms with E-state index in [4.69, 9.17) is 14.2 Å². The monoisotopic (exact) mass is 685 g/mol. The Hall–Kier alpha value is -5.06. The van der Waals surface area contributed by atoms with Crippen LogP contribution in [0.15, 0.2) is 48.8 Å². The molecule has 16 heteroatoms. The fraction of sp³-hybridized carbons (Fsp3) is 0.364. The largest absolute Gasteiger partial charge is 0.507 e. The summed E-state index contributed by atoms with van der Waals surface area (Å²) < 4.78 is 56.2. The van der Waals surface area contributed by atoms with Crippen LogP contribution in [0.4, 0.5) is 23.7 Å². The first-order valence-corrected chi connectivity index (χ1v) is 15.2. The number of carbonyl (C=O) groups is 4. The maximum absolute atomic E-state index is 13.6. The van der Waals surface area contributed by atoms with Gasteiger partial charge in [0, 0.05) is 53.8 Å². The molecule has 0 radical (unpaired) electrons. The second-order valence-electron chi connectivity index (χ2n) is 12.2. The lowest BCUT2D eigenvalue weighted by Crippen LogP contribution is -2.50. The van der Waals surface area contributed by atoms with Crippen molar-refractivity contribution < 1.29 is 61.9 Å². The molecular weight excluding hydrogens is 655 g/mol. The van der Waals surface area contributed by atoms with E-state index in [1.165, 1.54) is 36.7 Å². The van der Waals surface area contributed by atoms with E-state index >= 15 is 0 Å². The molecular formula is C33H30F3N3O10. The van der Waals surface area contributed by atoms with Crippen molar-refractivity contribution in [1.29, 1.82) is 0 Å². The molecule has 0 bridgehead atoms. The van der Waals surface area contributed by atoms with Crippen molar-refractivity contribution in [2.24, 2.45) is 0 Å². The van der Waals surface area contributed by atoms with Crippen LogP contribution in [-0.4, -0.2) is 80.7 Å². The molecule has 1 saturated heterocycles. The smallest absolute Gasteiger partial charge is 0.471 e. The van der Waals surface area contributed by atoms with Gasteiger partial charge >= 0.3 is 18.2 Å². The van der Waals surface area contributed by atoms with Gasteiger partial charge in [-0.25, -0.2) is 4.79 Å². The number of fused-ring (bicyclic) bond motifs is 3. The number of alkyl halides is 3. The number of rotatable bonds is 6. The minimum absolute atomic E-state index is 0.0135. The molecule has 258 valence electrons. The molecule has 0 saturated carbocycles. The van der Waals surface area contributed by atoms with E-state index in [0.717, 1.165) is 0 Å². The van der Waals surface area contributed by atoms with Gasteiger partial charge in [0.15, 0.2) is 17.9 Å². The van der Waals surface area contributed by atoms with E-state index in [1.807, 2.05) is 5.32 Å². The maximum atomic E-state index is 13.6. The number of nitrogens with one attached hydrogen (secondary N) is 2. The van der Waals surface area contributed by atoms with Gasteiger partial charge in [0.25, 0.3) is 0 Å². The van der Waals surface area contributed by atoms with Gasteiger partial charge < -0.3 is 34.8 Å². The van der Waals surface area contributed by atoms with Crippen LogP contribution in [0, 0.1) is 0 Å². The molecule has 2 heterocycles. The molecule has 2 aromatic carbocycles. The van der Waals surface area contributed by atoms with Crippen LogP contribution in [0.25, 0.3) is 0 Å². The Labute approximate surface area is 276 Å². The highest BCUT2D eigenvalue weighted by molar-refractivity contribution is 6.30. The molecule has 5 atom stereocenters. The van der Waals surface area contributed by atoms with E-state index < -0.39 is 102 Å². The molecule has 1 aliphatic heterocycles. The van der Waals surface area contributed by atoms with E-state index in [0.29, 0.717) is 5.69 Å². The summed E-state index contributed by atoms with van der Waals surface area (Å²) in [6.45, 7) is 0.862. The number of pyridine rings is 1. The number of aliphatic hydroxyl groups is 1. The third-order valence-electron chi connectivity index (χ3n) is 8.62. The Morgan fingerprint density at radius 3 is 2.35 bits per heavy atom. The molecule has 0 spiro atoms. The molecule has 3 aromatic rings. The van der Waals surface area contributed by atoms with E-state index in [-0.39, 0.29) is 35.1 Å². The summed E-state index contributed by atoms with van der Waals surface area (Å²) >= 11 is 0. The first-order valence-electron chi connectivity index (χ1n) is 15.2. The molecule has 0 unspecified atom stereocenters. The molecule has 6 rings (SSSR count). The molecule has 5 N–H and O–H groups in total. The van der Waals surface area contributed by atoms with Crippen LogP contribution < -0.4 is 10.6 Å². The molecule has 49 heavy (non-hydrogen) atoms. The summed E-state index contributed by atoms with van der Waals surface area (Å²) in [4.78, 5) is 55.3. The van der Waals surface area contributed by atoms with Gasteiger partial charge in [-0.1, -0.05) is 24.3 Å². The number of carbonyl (C=O) groups excluding carboxylic acids is 4. The summed E-state index contributed by atoms with van der Waals surface area (Å²) in [7, 11) is 0. The van der Waals surface area contributed by atoms with Crippen LogP contribution in [0.5, 0.6) is 11.5 Å². The van der Waals surface area contributed by atoms with E-state index in [1.54, 1.807) is 19.1 Å². The number of phenolic OH excluding ortho intramolecular Hbond substituents is 2. The average Bonchev–Trinajstić information content (AvgIpc) is 3.04. The lowest BCUT2D eigenvalue weighted by atomic mass is 9.73. The molecule has 1 aromatic heterocycles. The zero-order valence-electron chi connectivity index (χ0n) is 25.7. The van der Waals surface area contributed by atoms with Crippen LogP contribution >= 0.6 is 0 Å². The third kappa shape index (κ3) is 6.66. The van der Waals surface area contributed by atoms with Crippen molar-refractivity contribution in [3.63, 3.8) is 0 Å². The van der Waals surface area contributed by atoms with Gasteiger partial charge in [0.2, 0.25) is 0 Å². The van der Waals surface area contributed by atoms with Crippen molar-refractivity contribution >= 4 is 29.3 Å². The van der Waals surface area contributed by atoms with Gasteiger partial charge in [-0.15, -0.1) is 0 Å². The van der Waals surface area contributed by atoms with Gasteiger partial charge in [-0.3, -0.25) is 24.7 Å². The molecule has 2 aliphatic carbocycles. The van der Waals surface area contributed by atoms with E-state index in [2.05, 4.69) is 10.3 Å². The maximum Gasteiger partial charge on any atom is 0.471 e. The number of hydrogen-bond acceptors (Lipinski definition) is 11. The first kappa shape index (κ1) is 33.8. The Balaban J connectivity index is 1.35. The van der Waals surface area contributed by atoms with Crippen LogP contribution in [0.1, 0.15) is 75.3 Å². The third-order valence-corrected chi connectivity index (χ3v) is 8.62. The highest BCUT2D eigenvalue weighted by atomic mass is 19.4. The minimum atomic E-state index is -5.13. The summed E-state index contributed by atoms with van der Waals surface area (Å²) in [6, 6.07) is 7.90. The molecule has 13 nitrogen and oxygen atoms in total.